The van der Waals surface area contributed by atoms with Crippen LogP contribution in [0.5, 0.6) is 0 Å². The summed E-state index contributed by atoms with van der Waals surface area (Å²) >= 11 is 0. The Morgan fingerprint density at radius 1 is 0.913 bits per heavy atom. The Kier molecular flexibility index (Phi) is 7.76. The number of fused-ring (bicyclic) bond motifs is 4. The fraction of sp³-hybridized carbons (Fsp3) is 0.758. The Morgan fingerprint density at radius 3 is 2.09 bits per heavy atom. The van der Waals surface area contributed by atoms with Crippen LogP contribution in [0, 0.1) is 22.7 Å². The largest absolute Gasteiger partial charge is 0.456 e. The van der Waals surface area contributed by atoms with Crippen LogP contribution in [0.25, 0.3) is 0 Å². The van der Waals surface area contributed by atoms with E-state index in [1.807, 2.05) is 13.8 Å². The van der Waals surface area contributed by atoms with Crippen LogP contribution in [0.3, 0.4) is 0 Å². The summed E-state index contributed by atoms with van der Waals surface area (Å²) in [6.07, 6.45) is -5.32. The molecule has 1 aromatic carbocycles. The molecule has 0 radical (unpaired) electrons. The van der Waals surface area contributed by atoms with Crippen LogP contribution >= 0.6 is 0 Å². The van der Waals surface area contributed by atoms with Gasteiger partial charge in [0.05, 0.1) is 23.7 Å². The number of hydrogen-bond donors (Lipinski definition) is 2. The van der Waals surface area contributed by atoms with Gasteiger partial charge in [-0.15, -0.1) is 0 Å². The predicted molar refractivity (Wildman–Crippen MR) is 158 cm³/mol. The molecule has 46 heavy (non-hydrogen) atoms. The highest BCUT2D eigenvalue weighted by atomic mass is 32.2. The fourth-order valence-electron chi connectivity index (χ4n) is 9.39. The van der Waals surface area contributed by atoms with Crippen LogP contribution in [0.2, 0.25) is 0 Å². The molecular weight excluding hydrogens is 633 g/mol. The molecule has 0 amide bonds. The molecule has 6 atom stereocenters. The van der Waals surface area contributed by atoms with Crippen molar-refractivity contribution in [2.45, 2.75) is 112 Å². The molecule has 258 valence electrons. The Bertz CT molecular complexity index is 1520. The third-order valence-electron chi connectivity index (χ3n) is 12.0. The SMILES string of the molecule is CN(C)S(=O)(=O)c1ccc([C@H]2C[C@@]3(C)C(CC[C@@]3(O)C(F)(F)C(F)(F)F)C3CC[C@@]4(O)CC5(CCC4=C32)OCC(C)(C)CO5)cc1. The summed E-state index contributed by atoms with van der Waals surface area (Å²) < 4.78 is 111. The first kappa shape index (κ1) is 34.2. The Morgan fingerprint density at radius 2 is 1.52 bits per heavy atom. The lowest BCUT2D eigenvalue weighted by atomic mass is 9.49. The highest BCUT2D eigenvalue weighted by Crippen LogP contribution is 2.71. The van der Waals surface area contributed by atoms with Crippen molar-refractivity contribution in [3.05, 3.63) is 41.0 Å². The number of halogens is 5. The van der Waals surface area contributed by atoms with Gasteiger partial charge in [-0.05, 0) is 73.6 Å². The highest BCUT2D eigenvalue weighted by molar-refractivity contribution is 7.89. The van der Waals surface area contributed by atoms with E-state index in [1.165, 1.54) is 33.2 Å². The topological polar surface area (TPSA) is 96.3 Å². The maximum Gasteiger partial charge on any atom is 0.456 e. The molecule has 1 heterocycles. The van der Waals surface area contributed by atoms with Crippen molar-refractivity contribution >= 4 is 10.0 Å². The highest BCUT2D eigenvalue weighted by Gasteiger charge is 2.79. The van der Waals surface area contributed by atoms with E-state index >= 15 is 8.78 Å². The minimum Gasteiger partial charge on any atom is -0.385 e. The van der Waals surface area contributed by atoms with E-state index in [0.29, 0.717) is 38.0 Å². The lowest BCUT2D eigenvalue weighted by Gasteiger charge is -2.59. The van der Waals surface area contributed by atoms with E-state index in [4.69, 9.17) is 9.47 Å². The van der Waals surface area contributed by atoms with Crippen molar-refractivity contribution in [3.63, 3.8) is 0 Å². The predicted octanol–water partition coefficient (Wildman–Crippen LogP) is 6.16. The lowest BCUT2D eigenvalue weighted by molar-refractivity contribution is -0.362. The molecule has 4 aliphatic carbocycles. The number of nitrogens with zero attached hydrogens (tertiary/aromatic N) is 1. The van der Waals surface area contributed by atoms with Crippen molar-refractivity contribution in [2.24, 2.45) is 22.7 Å². The first-order valence-corrected chi connectivity index (χ1v) is 17.4. The normalized spacial score (nSPS) is 37.6. The van der Waals surface area contributed by atoms with Gasteiger partial charge in [0.2, 0.25) is 10.0 Å². The lowest BCUT2D eigenvalue weighted by Crippen LogP contribution is -2.65. The molecule has 3 saturated carbocycles. The maximum absolute atomic E-state index is 15.3. The quantitative estimate of drug-likeness (QED) is 0.293. The first-order valence-electron chi connectivity index (χ1n) is 16.0. The summed E-state index contributed by atoms with van der Waals surface area (Å²) in [5.74, 6) is -8.20. The van der Waals surface area contributed by atoms with Gasteiger partial charge >= 0.3 is 12.1 Å². The van der Waals surface area contributed by atoms with E-state index in [0.717, 1.165) is 15.5 Å². The molecule has 4 fully saturated rings. The molecule has 7 nitrogen and oxygen atoms in total. The van der Waals surface area contributed by atoms with Crippen LogP contribution in [-0.2, 0) is 19.5 Å². The van der Waals surface area contributed by atoms with Crippen LogP contribution in [0.4, 0.5) is 22.0 Å². The third kappa shape index (κ3) is 4.84. The van der Waals surface area contributed by atoms with Gasteiger partial charge in [0, 0.05) is 43.7 Å². The van der Waals surface area contributed by atoms with Gasteiger partial charge in [0.1, 0.15) is 5.60 Å². The Hall–Kier alpha value is -1.64. The van der Waals surface area contributed by atoms with Crippen molar-refractivity contribution < 1.29 is 50.1 Å². The van der Waals surface area contributed by atoms with Gasteiger partial charge in [-0.25, -0.2) is 12.7 Å². The molecule has 0 bridgehead atoms. The molecule has 1 spiro atoms. The minimum atomic E-state index is -5.95. The van der Waals surface area contributed by atoms with E-state index in [-0.39, 0.29) is 36.0 Å². The van der Waals surface area contributed by atoms with Gasteiger partial charge in [-0.1, -0.05) is 38.5 Å². The number of hydrogen-bond acceptors (Lipinski definition) is 6. The summed E-state index contributed by atoms with van der Waals surface area (Å²) in [6, 6.07) is 5.94. The van der Waals surface area contributed by atoms with Crippen LogP contribution in [-0.4, -0.2) is 79.3 Å². The van der Waals surface area contributed by atoms with Crippen molar-refractivity contribution in [2.75, 3.05) is 27.3 Å². The van der Waals surface area contributed by atoms with Crippen molar-refractivity contribution in [1.29, 1.82) is 0 Å². The molecule has 2 unspecified atom stereocenters. The number of benzene rings is 1. The molecule has 5 aliphatic rings. The maximum atomic E-state index is 15.3. The minimum absolute atomic E-state index is 0.00519. The average molecular weight is 678 g/mol. The second kappa shape index (κ2) is 10.4. The summed E-state index contributed by atoms with van der Waals surface area (Å²) in [5.41, 5.74) is -4.61. The second-order valence-corrected chi connectivity index (χ2v) is 17.7. The van der Waals surface area contributed by atoms with Crippen LogP contribution < -0.4 is 0 Å². The van der Waals surface area contributed by atoms with E-state index in [9.17, 15) is 31.8 Å². The van der Waals surface area contributed by atoms with Crippen LogP contribution in [0.1, 0.15) is 83.6 Å². The standard InChI is InChI=1S/C33H44F5NO6S/c1-27(2)18-44-30(45-19-27)14-11-25-26-22(10-13-29(25,40)17-30)24-12-15-31(41,32(34,35)33(36,37)38)28(24,3)16-23(26)20-6-8-21(9-7-20)46(42,43)39(4)5/h6-9,22-24,40-41H,10-19H2,1-5H3/t22?,23-,24?,28+,29-,31+/m1/s1. The zero-order chi connectivity index (χ0) is 33.9. The molecule has 6 rings (SSSR count). The second-order valence-electron chi connectivity index (χ2n) is 15.5. The zero-order valence-corrected chi connectivity index (χ0v) is 27.7. The van der Waals surface area contributed by atoms with Gasteiger partial charge in [0.15, 0.2) is 5.79 Å². The Balaban J connectivity index is 1.47. The monoisotopic (exact) mass is 677 g/mol. The van der Waals surface area contributed by atoms with Crippen molar-refractivity contribution in [3.8, 4) is 0 Å². The average Bonchev–Trinajstić information content (AvgIpc) is 3.24. The van der Waals surface area contributed by atoms with Gasteiger partial charge < -0.3 is 19.7 Å². The third-order valence-corrected chi connectivity index (χ3v) is 13.8. The number of sulfonamides is 1. The van der Waals surface area contributed by atoms with E-state index in [1.54, 1.807) is 12.1 Å². The molecule has 1 saturated heterocycles. The number of rotatable bonds is 4. The number of alkyl halides is 5. The summed E-state index contributed by atoms with van der Waals surface area (Å²) in [7, 11) is -1.01. The molecule has 1 aliphatic heterocycles. The molecule has 2 N–H and O–H groups in total. The van der Waals surface area contributed by atoms with Gasteiger partial charge in [-0.3, -0.25) is 0 Å². The van der Waals surface area contributed by atoms with Gasteiger partial charge in [-0.2, -0.15) is 22.0 Å². The summed E-state index contributed by atoms with van der Waals surface area (Å²) in [6.45, 7) is 6.31. The fourth-order valence-corrected chi connectivity index (χ4v) is 10.3. The summed E-state index contributed by atoms with van der Waals surface area (Å²) in [4.78, 5) is 0.00519. The van der Waals surface area contributed by atoms with E-state index in [2.05, 4.69) is 0 Å². The Labute approximate surface area is 267 Å². The molecular formula is C33H44F5NO6S. The molecule has 1 aromatic rings. The van der Waals surface area contributed by atoms with Crippen molar-refractivity contribution in [1.82, 2.24) is 4.31 Å². The van der Waals surface area contributed by atoms with Crippen LogP contribution in [0.15, 0.2) is 40.3 Å². The number of aliphatic hydroxyl groups is 2. The smallest absolute Gasteiger partial charge is 0.385 e. The molecule has 13 heteroatoms. The number of ether oxygens (including phenoxy) is 2. The number of allylic oxidation sites excluding steroid dienone is 1. The zero-order valence-electron chi connectivity index (χ0n) is 26.9. The summed E-state index contributed by atoms with van der Waals surface area (Å²) in [5, 5.41) is 23.8. The first-order chi connectivity index (χ1) is 21.0. The van der Waals surface area contributed by atoms with E-state index < -0.39 is 68.7 Å². The molecule has 0 aromatic heterocycles. The van der Waals surface area contributed by atoms with Gasteiger partial charge in [0.25, 0.3) is 0 Å².